The lowest BCUT2D eigenvalue weighted by molar-refractivity contribution is -0.0787. The average molecular weight is 525 g/mol. The zero-order valence-corrected chi connectivity index (χ0v) is 21.6. The number of nitrogens with one attached hydrogen (secondary N) is 1. The molecule has 0 spiro atoms. The van der Waals surface area contributed by atoms with E-state index < -0.39 is 12.0 Å². The molecule has 3 atom stereocenters. The highest BCUT2D eigenvalue weighted by Gasteiger charge is 2.25. The maximum Gasteiger partial charge on any atom is 0.283 e. The first-order valence-corrected chi connectivity index (χ1v) is 12.5. The number of carbonyl (C=O) groups excluding carboxylic acids is 1. The Hall–Kier alpha value is -3.81. The summed E-state index contributed by atoms with van der Waals surface area (Å²) in [5, 5.41) is 14.8. The van der Waals surface area contributed by atoms with E-state index in [0.29, 0.717) is 36.6 Å². The number of methoxy groups -OCH3 is 1. The van der Waals surface area contributed by atoms with Gasteiger partial charge in [0.05, 0.1) is 24.9 Å². The number of β-amino-alcohol motifs (C(OH)–C–C–N with tert-alkyl or cyclic N) is 1. The van der Waals surface area contributed by atoms with Crippen LogP contribution in [0.5, 0.6) is 11.5 Å². The lowest BCUT2D eigenvalue weighted by Gasteiger charge is -2.36. The van der Waals surface area contributed by atoms with Crippen LogP contribution in [0.3, 0.4) is 0 Å². The first kappa shape index (κ1) is 25.8. The van der Waals surface area contributed by atoms with Crippen LogP contribution in [0.2, 0.25) is 0 Å². The standard InChI is InChI=1S/C25H32N8O5/c1-14-10-32(11-15(2)38-14)12-17(34)13-37-19-5-4-18-20(21(19)36-3)30-25(33-7-6-27-22(18)33)31-23(35)16-8-28-24(26)29-9-16/h4-5,8-9,14-15,17,27,34H,6-7,10-13H2,1-3H3,(H2,26,28,29)/t14-,15+,17-/m1/s1. The summed E-state index contributed by atoms with van der Waals surface area (Å²) in [6, 6.07) is 3.67. The van der Waals surface area contributed by atoms with E-state index in [4.69, 9.17) is 19.9 Å². The molecule has 0 unspecified atom stereocenters. The molecule has 5 rings (SSSR count). The van der Waals surface area contributed by atoms with E-state index >= 15 is 0 Å². The number of amides is 1. The fourth-order valence-corrected chi connectivity index (χ4v) is 4.92. The number of aromatic nitrogens is 4. The van der Waals surface area contributed by atoms with Gasteiger partial charge >= 0.3 is 0 Å². The van der Waals surface area contributed by atoms with Crippen molar-refractivity contribution >= 4 is 28.6 Å². The molecule has 3 aromatic rings. The summed E-state index contributed by atoms with van der Waals surface area (Å²) >= 11 is 0. The Morgan fingerprint density at radius 3 is 2.74 bits per heavy atom. The SMILES string of the molecule is COc1c(OC[C@H](O)CN2C[C@@H](C)O[C@@H](C)C2)ccc2c3n(c(=NC(=O)c4cnc(N)nc4)nc12)CCN3. The fraction of sp³-hybridized carbons (Fsp3) is 0.480. The number of nitrogens with two attached hydrogens (primary N) is 1. The van der Waals surface area contributed by atoms with Gasteiger partial charge in [0.25, 0.3) is 5.91 Å². The van der Waals surface area contributed by atoms with Gasteiger partial charge in [-0.2, -0.15) is 4.99 Å². The Kier molecular flexibility index (Phi) is 7.40. The van der Waals surface area contributed by atoms with Crippen molar-refractivity contribution in [2.45, 2.75) is 38.7 Å². The zero-order chi connectivity index (χ0) is 26.8. The summed E-state index contributed by atoms with van der Waals surface area (Å²) in [6.07, 6.45) is 2.18. The van der Waals surface area contributed by atoms with Crippen LogP contribution >= 0.6 is 0 Å². The number of rotatable bonds is 7. The van der Waals surface area contributed by atoms with Gasteiger partial charge in [0, 0.05) is 50.5 Å². The molecule has 1 aromatic carbocycles. The Labute approximate surface area is 219 Å². The minimum Gasteiger partial charge on any atom is -0.491 e. The van der Waals surface area contributed by atoms with Gasteiger partial charge < -0.3 is 30.4 Å². The van der Waals surface area contributed by atoms with Crippen molar-refractivity contribution in [3.63, 3.8) is 0 Å². The van der Waals surface area contributed by atoms with Crippen LogP contribution in [0, 0.1) is 0 Å². The summed E-state index contributed by atoms with van der Waals surface area (Å²) in [5.74, 6) is 1.12. The molecule has 2 aliphatic rings. The maximum absolute atomic E-state index is 12.8. The molecular formula is C25H32N8O5. The second-order valence-electron chi connectivity index (χ2n) is 9.52. The van der Waals surface area contributed by atoms with Crippen LogP contribution in [-0.4, -0.2) is 93.6 Å². The number of hydrogen-bond acceptors (Lipinski definition) is 11. The number of morpholine rings is 1. The van der Waals surface area contributed by atoms with Crippen LogP contribution in [0.4, 0.5) is 11.8 Å². The Balaban J connectivity index is 1.42. The van der Waals surface area contributed by atoms with Crippen LogP contribution < -0.4 is 26.1 Å². The molecule has 13 nitrogen and oxygen atoms in total. The predicted octanol–water partition coefficient (Wildman–Crippen LogP) is 0.433. The molecule has 2 aromatic heterocycles. The molecule has 1 amide bonds. The molecule has 13 heteroatoms. The van der Waals surface area contributed by atoms with Gasteiger partial charge in [-0.15, -0.1) is 0 Å². The highest BCUT2D eigenvalue weighted by molar-refractivity contribution is 5.96. The number of ether oxygens (including phenoxy) is 3. The van der Waals surface area contributed by atoms with Crippen molar-refractivity contribution in [3.05, 3.63) is 35.7 Å². The molecular weight excluding hydrogens is 492 g/mol. The smallest absolute Gasteiger partial charge is 0.283 e. The van der Waals surface area contributed by atoms with E-state index in [-0.39, 0.29) is 35.9 Å². The van der Waals surface area contributed by atoms with Crippen molar-refractivity contribution in [3.8, 4) is 11.5 Å². The second-order valence-corrected chi connectivity index (χ2v) is 9.52. The van der Waals surface area contributed by atoms with Gasteiger partial charge in [0.15, 0.2) is 11.5 Å². The number of fused-ring (bicyclic) bond motifs is 3. The third-order valence-corrected chi connectivity index (χ3v) is 6.42. The predicted molar refractivity (Wildman–Crippen MR) is 139 cm³/mol. The maximum atomic E-state index is 12.8. The van der Waals surface area contributed by atoms with Crippen LogP contribution in [0.15, 0.2) is 29.5 Å². The number of hydrogen-bond donors (Lipinski definition) is 3. The van der Waals surface area contributed by atoms with Gasteiger partial charge in [-0.3, -0.25) is 14.3 Å². The Morgan fingerprint density at radius 1 is 1.29 bits per heavy atom. The molecule has 0 aliphatic carbocycles. The summed E-state index contributed by atoms with van der Waals surface area (Å²) in [7, 11) is 1.53. The van der Waals surface area contributed by atoms with Gasteiger partial charge in [-0.1, -0.05) is 0 Å². The van der Waals surface area contributed by atoms with E-state index in [1.54, 1.807) is 6.07 Å². The highest BCUT2D eigenvalue weighted by Crippen LogP contribution is 2.37. The largest absolute Gasteiger partial charge is 0.491 e. The number of nitrogen functional groups attached to an aromatic ring is 1. The van der Waals surface area contributed by atoms with Crippen molar-refractivity contribution in [2.24, 2.45) is 4.99 Å². The highest BCUT2D eigenvalue weighted by atomic mass is 16.5. The molecule has 1 fully saturated rings. The molecule has 0 bridgehead atoms. The summed E-state index contributed by atoms with van der Waals surface area (Å²) in [4.78, 5) is 31.6. The fourth-order valence-electron chi connectivity index (χ4n) is 4.92. The van der Waals surface area contributed by atoms with E-state index in [1.165, 1.54) is 19.5 Å². The quantitative estimate of drug-likeness (QED) is 0.393. The molecule has 0 radical (unpaired) electrons. The van der Waals surface area contributed by atoms with Gasteiger partial charge in [-0.25, -0.2) is 15.0 Å². The van der Waals surface area contributed by atoms with Crippen molar-refractivity contribution in [2.75, 3.05) is 50.9 Å². The Bertz CT molecular complexity index is 1380. The summed E-state index contributed by atoms with van der Waals surface area (Å²) in [5.41, 5.74) is 6.42. The molecule has 1 saturated heterocycles. The lowest BCUT2D eigenvalue weighted by atomic mass is 10.2. The summed E-state index contributed by atoms with van der Waals surface area (Å²) < 4.78 is 19.3. The molecule has 0 saturated carbocycles. The topological polar surface area (TPSA) is 162 Å². The summed E-state index contributed by atoms with van der Waals surface area (Å²) in [6.45, 7) is 7.37. The number of carbonyl (C=O) groups is 1. The third-order valence-electron chi connectivity index (χ3n) is 6.42. The van der Waals surface area contributed by atoms with Crippen molar-refractivity contribution in [1.29, 1.82) is 0 Å². The van der Waals surface area contributed by atoms with E-state index in [9.17, 15) is 9.90 Å². The monoisotopic (exact) mass is 524 g/mol. The van der Waals surface area contributed by atoms with Crippen LogP contribution in [0.1, 0.15) is 24.2 Å². The molecule has 202 valence electrons. The van der Waals surface area contributed by atoms with Crippen molar-refractivity contribution < 1.29 is 24.1 Å². The molecule has 4 N–H and O–H groups in total. The van der Waals surface area contributed by atoms with Gasteiger partial charge in [0.1, 0.15) is 24.0 Å². The molecule has 38 heavy (non-hydrogen) atoms. The zero-order valence-electron chi connectivity index (χ0n) is 21.6. The number of nitrogens with zero attached hydrogens (tertiary/aromatic N) is 6. The van der Waals surface area contributed by atoms with Crippen LogP contribution in [-0.2, 0) is 11.3 Å². The van der Waals surface area contributed by atoms with Gasteiger partial charge in [0.2, 0.25) is 11.6 Å². The Morgan fingerprint density at radius 2 is 2.03 bits per heavy atom. The van der Waals surface area contributed by atoms with Crippen molar-refractivity contribution in [1.82, 2.24) is 24.4 Å². The number of aliphatic hydroxyl groups is 1. The van der Waals surface area contributed by atoms with Crippen LogP contribution in [0.25, 0.3) is 10.9 Å². The minimum atomic E-state index is -0.705. The second kappa shape index (κ2) is 10.9. The first-order chi connectivity index (χ1) is 18.3. The minimum absolute atomic E-state index is 0.0706. The number of aliphatic hydroxyl groups excluding tert-OH is 1. The first-order valence-electron chi connectivity index (χ1n) is 12.5. The number of benzene rings is 1. The normalized spacial score (nSPS) is 20.7. The van der Waals surface area contributed by atoms with E-state index in [2.05, 4.69) is 30.2 Å². The van der Waals surface area contributed by atoms with E-state index in [1.807, 2.05) is 24.5 Å². The number of anilines is 2. The third kappa shape index (κ3) is 5.39. The lowest BCUT2D eigenvalue weighted by Crippen LogP contribution is -2.48. The average Bonchev–Trinajstić information content (AvgIpc) is 3.37. The molecule has 4 heterocycles. The van der Waals surface area contributed by atoms with E-state index in [0.717, 1.165) is 24.3 Å². The molecule has 2 aliphatic heterocycles. The van der Waals surface area contributed by atoms with Gasteiger partial charge in [-0.05, 0) is 26.0 Å².